The minimum atomic E-state index is -0.203. The summed E-state index contributed by atoms with van der Waals surface area (Å²) in [7, 11) is 1.60. The van der Waals surface area contributed by atoms with Crippen LogP contribution in [0.2, 0.25) is 0 Å². The van der Waals surface area contributed by atoms with Crippen LogP contribution >= 0.6 is 0 Å². The summed E-state index contributed by atoms with van der Waals surface area (Å²) in [5.74, 6) is -0.0456. The van der Waals surface area contributed by atoms with Crippen molar-refractivity contribution in [2.45, 2.75) is 52.3 Å². The molecular weight excluding hydrogens is 344 g/mol. The molecule has 1 aromatic rings. The van der Waals surface area contributed by atoms with Crippen molar-refractivity contribution in [1.82, 2.24) is 20.1 Å². The van der Waals surface area contributed by atoms with E-state index in [1.54, 1.807) is 19.2 Å². The lowest BCUT2D eigenvalue weighted by Gasteiger charge is -2.28. The molecule has 2 atom stereocenters. The zero-order valence-corrected chi connectivity index (χ0v) is 16.9. The predicted molar refractivity (Wildman–Crippen MR) is 104 cm³/mol. The van der Waals surface area contributed by atoms with E-state index in [0.29, 0.717) is 38.4 Å². The fraction of sp³-hybridized carbons (Fsp3) is 0.650. The van der Waals surface area contributed by atoms with Crippen molar-refractivity contribution < 1.29 is 14.3 Å². The smallest absolute Gasteiger partial charge is 0.270 e. The van der Waals surface area contributed by atoms with Crippen molar-refractivity contribution >= 4 is 11.8 Å². The highest BCUT2D eigenvalue weighted by molar-refractivity contribution is 5.92. The Kier molecular flexibility index (Phi) is 8.19. The number of nitrogens with one attached hydrogen (secondary N) is 1. The van der Waals surface area contributed by atoms with Gasteiger partial charge in [-0.3, -0.25) is 14.5 Å². The number of methoxy groups -OCH3 is 1. The van der Waals surface area contributed by atoms with Gasteiger partial charge in [-0.05, 0) is 45.4 Å². The van der Waals surface area contributed by atoms with Crippen LogP contribution in [0.5, 0.6) is 0 Å². The van der Waals surface area contributed by atoms with Crippen LogP contribution in [0.15, 0.2) is 18.2 Å². The maximum atomic E-state index is 12.9. The van der Waals surface area contributed by atoms with Gasteiger partial charge in [-0.2, -0.15) is 0 Å². The molecule has 1 saturated heterocycles. The number of ether oxygens (including phenoxy) is 1. The van der Waals surface area contributed by atoms with Crippen molar-refractivity contribution in [2.24, 2.45) is 0 Å². The van der Waals surface area contributed by atoms with E-state index in [0.717, 1.165) is 18.7 Å². The Bertz CT molecular complexity index is 633. The quantitative estimate of drug-likeness (QED) is 0.710. The third-order valence-electron chi connectivity index (χ3n) is 4.94. The fourth-order valence-electron chi connectivity index (χ4n) is 3.64. The molecule has 0 aliphatic carbocycles. The van der Waals surface area contributed by atoms with E-state index in [4.69, 9.17) is 4.74 Å². The molecule has 0 unspecified atom stereocenters. The van der Waals surface area contributed by atoms with E-state index in [1.807, 2.05) is 24.8 Å². The Morgan fingerprint density at radius 2 is 2.04 bits per heavy atom. The van der Waals surface area contributed by atoms with Gasteiger partial charge in [0.1, 0.15) is 5.69 Å². The molecule has 7 heteroatoms. The van der Waals surface area contributed by atoms with E-state index < -0.39 is 0 Å². The summed E-state index contributed by atoms with van der Waals surface area (Å²) in [6.07, 6.45) is 1.61. The zero-order chi connectivity index (χ0) is 19.8. The molecule has 1 aliphatic rings. The molecule has 2 rings (SSSR count). The van der Waals surface area contributed by atoms with Crippen molar-refractivity contribution in [1.29, 1.82) is 0 Å². The number of hydrogen-bond acceptors (Lipinski definition) is 5. The number of likely N-dealkylation sites (tertiary alicyclic amines) is 1. The van der Waals surface area contributed by atoms with Crippen LogP contribution in [0.4, 0.5) is 0 Å². The lowest BCUT2D eigenvalue weighted by Crippen LogP contribution is -2.45. The van der Waals surface area contributed by atoms with E-state index in [-0.39, 0.29) is 23.9 Å². The number of amides is 2. The summed E-state index contributed by atoms with van der Waals surface area (Å²) >= 11 is 0. The maximum absolute atomic E-state index is 12.9. The molecule has 1 fully saturated rings. The number of aromatic nitrogens is 1. The monoisotopic (exact) mass is 376 g/mol. The number of hydrogen-bond donors (Lipinski definition) is 1. The molecule has 0 spiro atoms. The molecule has 0 saturated carbocycles. The van der Waals surface area contributed by atoms with Crippen LogP contribution in [-0.4, -0.2) is 72.0 Å². The van der Waals surface area contributed by atoms with E-state index in [2.05, 4.69) is 22.1 Å². The predicted octanol–water partition coefficient (Wildman–Crippen LogP) is 1.68. The molecule has 0 bridgehead atoms. The second-order valence-electron chi connectivity index (χ2n) is 6.87. The van der Waals surface area contributed by atoms with Gasteiger partial charge in [0, 0.05) is 32.8 Å². The van der Waals surface area contributed by atoms with Crippen LogP contribution in [0.1, 0.15) is 49.8 Å². The summed E-state index contributed by atoms with van der Waals surface area (Å²) in [4.78, 5) is 33.9. The fourth-order valence-corrected chi connectivity index (χ4v) is 3.64. The third kappa shape index (κ3) is 5.49. The number of pyridine rings is 1. The summed E-state index contributed by atoms with van der Waals surface area (Å²) in [5, 5.41) is 3.06. The SMILES string of the molecule is CCCN1C[C@@H](NC(=O)c2cccc(COC)n2)C[C@H]1C(=O)N(CC)CC. The van der Waals surface area contributed by atoms with Crippen LogP contribution < -0.4 is 5.32 Å². The Morgan fingerprint density at radius 3 is 2.67 bits per heavy atom. The first kappa shape index (κ1) is 21.3. The molecule has 1 N–H and O–H groups in total. The average Bonchev–Trinajstić information content (AvgIpc) is 3.05. The van der Waals surface area contributed by atoms with Crippen LogP contribution in [0, 0.1) is 0 Å². The summed E-state index contributed by atoms with van der Waals surface area (Å²) < 4.78 is 5.08. The number of nitrogens with zero attached hydrogens (tertiary/aromatic N) is 3. The lowest BCUT2D eigenvalue weighted by molar-refractivity contribution is -0.135. The van der Waals surface area contributed by atoms with Gasteiger partial charge in [0.05, 0.1) is 18.3 Å². The van der Waals surface area contributed by atoms with E-state index >= 15 is 0 Å². The highest BCUT2D eigenvalue weighted by atomic mass is 16.5. The topological polar surface area (TPSA) is 74.8 Å². The molecule has 27 heavy (non-hydrogen) atoms. The van der Waals surface area contributed by atoms with Crippen LogP contribution in [-0.2, 0) is 16.1 Å². The summed E-state index contributed by atoms with van der Waals surface area (Å²) in [6, 6.07) is 5.12. The van der Waals surface area contributed by atoms with Gasteiger partial charge in [-0.25, -0.2) is 4.98 Å². The number of rotatable bonds is 9. The average molecular weight is 377 g/mol. The number of carbonyl (C=O) groups excluding carboxylic acids is 2. The lowest BCUT2D eigenvalue weighted by atomic mass is 10.1. The highest BCUT2D eigenvalue weighted by Gasteiger charge is 2.38. The minimum Gasteiger partial charge on any atom is -0.378 e. The molecule has 7 nitrogen and oxygen atoms in total. The summed E-state index contributed by atoms with van der Waals surface area (Å²) in [5.41, 5.74) is 1.10. The molecule has 2 heterocycles. The second-order valence-corrected chi connectivity index (χ2v) is 6.87. The molecule has 2 amide bonds. The Balaban J connectivity index is 2.05. The van der Waals surface area contributed by atoms with Crippen molar-refractivity contribution in [2.75, 3.05) is 33.3 Å². The van der Waals surface area contributed by atoms with Crippen molar-refractivity contribution in [3.05, 3.63) is 29.6 Å². The molecule has 150 valence electrons. The van der Waals surface area contributed by atoms with Crippen molar-refractivity contribution in [3.63, 3.8) is 0 Å². The van der Waals surface area contributed by atoms with Gasteiger partial charge in [-0.15, -0.1) is 0 Å². The Labute approximate surface area is 162 Å². The van der Waals surface area contributed by atoms with E-state index in [9.17, 15) is 9.59 Å². The normalized spacial score (nSPS) is 19.9. The van der Waals surface area contributed by atoms with Crippen LogP contribution in [0.25, 0.3) is 0 Å². The first-order valence-electron chi connectivity index (χ1n) is 9.82. The second kappa shape index (κ2) is 10.4. The van der Waals surface area contributed by atoms with E-state index in [1.165, 1.54) is 0 Å². The van der Waals surface area contributed by atoms with Crippen molar-refractivity contribution in [3.8, 4) is 0 Å². The Hall–Kier alpha value is -1.99. The van der Waals surface area contributed by atoms with Gasteiger partial charge in [0.25, 0.3) is 5.91 Å². The van der Waals surface area contributed by atoms with Gasteiger partial charge in [0.15, 0.2) is 0 Å². The highest BCUT2D eigenvalue weighted by Crippen LogP contribution is 2.21. The summed E-state index contributed by atoms with van der Waals surface area (Å²) in [6.45, 7) is 9.43. The molecule has 0 aromatic carbocycles. The minimum absolute atomic E-state index is 0.0542. The molecular formula is C20H32N4O3. The number of likely N-dealkylation sites (N-methyl/N-ethyl adjacent to an activating group) is 1. The largest absolute Gasteiger partial charge is 0.378 e. The zero-order valence-electron chi connectivity index (χ0n) is 16.9. The molecule has 0 radical (unpaired) electrons. The maximum Gasteiger partial charge on any atom is 0.270 e. The Morgan fingerprint density at radius 1 is 1.30 bits per heavy atom. The molecule has 1 aliphatic heterocycles. The standard InChI is InChI=1S/C20H32N4O3/c1-5-11-24-13-16(12-18(24)20(26)23(6-2)7-3)22-19(25)17-10-8-9-15(21-17)14-27-4/h8-10,16,18H,5-7,11-14H2,1-4H3,(H,22,25)/t16-,18-/m0/s1. The van der Waals surface area contributed by atoms with Gasteiger partial charge in [-0.1, -0.05) is 13.0 Å². The number of carbonyl (C=O) groups is 2. The van der Waals surface area contributed by atoms with Gasteiger partial charge >= 0.3 is 0 Å². The molecule has 1 aromatic heterocycles. The first-order valence-corrected chi connectivity index (χ1v) is 9.82. The third-order valence-corrected chi connectivity index (χ3v) is 4.94. The van der Waals surface area contributed by atoms with Gasteiger partial charge < -0.3 is 15.0 Å². The van der Waals surface area contributed by atoms with Crippen LogP contribution in [0.3, 0.4) is 0 Å². The van der Waals surface area contributed by atoms with Gasteiger partial charge in [0.2, 0.25) is 5.91 Å². The first-order chi connectivity index (χ1) is 13.0.